The molecular weight excluding hydrogens is 411 g/mol. The minimum atomic E-state index is -0.542. The van der Waals surface area contributed by atoms with Crippen LogP contribution >= 0.6 is 34.5 Å². The van der Waals surface area contributed by atoms with E-state index >= 15 is 0 Å². The molecule has 0 aliphatic rings. The molecule has 0 bridgehead atoms. The van der Waals surface area contributed by atoms with E-state index in [-0.39, 0.29) is 25.2 Å². The van der Waals surface area contributed by atoms with Crippen molar-refractivity contribution in [2.45, 2.75) is 26.4 Å². The first-order valence-corrected chi connectivity index (χ1v) is 9.58. The first-order chi connectivity index (χ1) is 12.8. The third kappa shape index (κ3) is 4.77. The number of ether oxygens (including phenoxy) is 1. The number of carbonyl (C=O) groups is 2. The van der Waals surface area contributed by atoms with Crippen molar-refractivity contribution >= 4 is 57.3 Å². The van der Waals surface area contributed by atoms with Gasteiger partial charge in [-0.2, -0.15) is 0 Å². The molecule has 5 nitrogen and oxygen atoms in total. The standard InChI is InChI=1S/C19H14Cl2O5S/c1-10-6-15-12(8-13(10)20)11(7-19(24)26-15)9-25-18(23)5-2-14(22)16-3-4-17(21)27-16/h3-4,6-8H,2,5,9H2,1H3. The van der Waals surface area contributed by atoms with Crippen LogP contribution in [-0.4, -0.2) is 11.8 Å². The number of thiophene rings is 1. The zero-order chi connectivity index (χ0) is 19.6. The third-order valence-electron chi connectivity index (χ3n) is 3.90. The van der Waals surface area contributed by atoms with Crippen LogP contribution in [0.5, 0.6) is 0 Å². The van der Waals surface area contributed by atoms with E-state index in [4.69, 9.17) is 32.4 Å². The molecule has 0 atom stereocenters. The number of hydrogen-bond donors (Lipinski definition) is 0. The summed E-state index contributed by atoms with van der Waals surface area (Å²) in [5.74, 6) is -0.706. The van der Waals surface area contributed by atoms with Gasteiger partial charge in [0.05, 0.1) is 15.6 Å². The summed E-state index contributed by atoms with van der Waals surface area (Å²) in [4.78, 5) is 36.2. The van der Waals surface area contributed by atoms with Crippen molar-refractivity contribution in [2.24, 2.45) is 0 Å². The molecule has 2 aromatic heterocycles. The molecule has 0 radical (unpaired) electrons. The number of carbonyl (C=O) groups excluding carboxylic acids is 2. The van der Waals surface area contributed by atoms with Gasteiger partial charge in [0.2, 0.25) is 0 Å². The Kier molecular flexibility index (Phi) is 5.99. The van der Waals surface area contributed by atoms with Gasteiger partial charge in [0.15, 0.2) is 5.78 Å². The Morgan fingerprint density at radius 1 is 1.15 bits per heavy atom. The van der Waals surface area contributed by atoms with E-state index in [1.165, 1.54) is 17.4 Å². The fraction of sp³-hybridized carbons (Fsp3) is 0.211. The molecule has 0 saturated carbocycles. The molecule has 0 fully saturated rings. The number of esters is 1. The highest BCUT2D eigenvalue weighted by Gasteiger charge is 2.14. The highest BCUT2D eigenvalue weighted by atomic mass is 35.5. The fourth-order valence-electron chi connectivity index (χ4n) is 2.50. The van der Waals surface area contributed by atoms with E-state index in [0.29, 0.717) is 30.8 Å². The summed E-state index contributed by atoms with van der Waals surface area (Å²) in [5, 5.41) is 1.12. The van der Waals surface area contributed by atoms with Crippen molar-refractivity contribution in [3.8, 4) is 0 Å². The Morgan fingerprint density at radius 2 is 1.93 bits per heavy atom. The molecule has 0 spiro atoms. The van der Waals surface area contributed by atoms with Gasteiger partial charge in [-0.25, -0.2) is 4.79 Å². The molecule has 3 rings (SSSR count). The zero-order valence-corrected chi connectivity index (χ0v) is 16.5. The lowest BCUT2D eigenvalue weighted by molar-refractivity contribution is -0.144. The maximum absolute atomic E-state index is 12.0. The number of benzene rings is 1. The van der Waals surface area contributed by atoms with E-state index in [1.807, 2.05) is 0 Å². The Labute approximate surface area is 168 Å². The van der Waals surface area contributed by atoms with Gasteiger partial charge in [-0.1, -0.05) is 23.2 Å². The first-order valence-electron chi connectivity index (χ1n) is 8.00. The van der Waals surface area contributed by atoms with Crippen molar-refractivity contribution in [3.05, 3.63) is 66.1 Å². The lowest BCUT2D eigenvalue weighted by Crippen LogP contribution is -2.09. The maximum Gasteiger partial charge on any atom is 0.336 e. The number of ketones is 1. The van der Waals surface area contributed by atoms with E-state index in [2.05, 4.69) is 0 Å². The van der Waals surface area contributed by atoms with Gasteiger partial charge in [-0.05, 0) is 36.8 Å². The zero-order valence-electron chi connectivity index (χ0n) is 14.2. The van der Waals surface area contributed by atoms with Gasteiger partial charge in [0, 0.05) is 28.5 Å². The lowest BCUT2D eigenvalue weighted by atomic mass is 10.1. The number of fused-ring (bicyclic) bond motifs is 1. The van der Waals surface area contributed by atoms with Gasteiger partial charge in [-0.15, -0.1) is 11.3 Å². The predicted octanol–water partition coefficient (Wildman–Crippen LogP) is 5.18. The summed E-state index contributed by atoms with van der Waals surface area (Å²) >= 11 is 13.1. The second kappa shape index (κ2) is 8.25. The average Bonchev–Trinajstić information content (AvgIpc) is 3.05. The topological polar surface area (TPSA) is 73.6 Å². The highest BCUT2D eigenvalue weighted by molar-refractivity contribution is 7.18. The van der Waals surface area contributed by atoms with E-state index < -0.39 is 11.6 Å². The Hall–Kier alpha value is -2.15. The smallest absolute Gasteiger partial charge is 0.336 e. The minimum absolute atomic E-state index is 0.0262. The van der Waals surface area contributed by atoms with Crippen LogP contribution in [0, 0.1) is 6.92 Å². The number of halogens is 2. The molecule has 0 amide bonds. The molecule has 0 saturated heterocycles. The predicted molar refractivity (Wildman–Crippen MR) is 105 cm³/mol. The van der Waals surface area contributed by atoms with Crippen molar-refractivity contribution in [1.29, 1.82) is 0 Å². The van der Waals surface area contributed by atoms with Crippen LogP contribution in [0.25, 0.3) is 11.0 Å². The molecule has 0 unspecified atom stereocenters. The summed E-state index contributed by atoms with van der Waals surface area (Å²) in [6, 6.07) is 7.86. The van der Waals surface area contributed by atoms with Crippen LogP contribution in [0.15, 0.2) is 39.5 Å². The lowest BCUT2D eigenvalue weighted by Gasteiger charge is -2.08. The van der Waals surface area contributed by atoms with Crippen LogP contribution in [0.4, 0.5) is 0 Å². The van der Waals surface area contributed by atoms with Crippen LogP contribution in [0.1, 0.15) is 33.6 Å². The van der Waals surface area contributed by atoms with E-state index in [0.717, 1.165) is 5.56 Å². The maximum atomic E-state index is 12.0. The van der Waals surface area contributed by atoms with Gasteiger partial charge in [-0.3, -0.25) is 9.59 Å². The highest BCUT2D eigenvalue weighted by Crippen LogP contribution is 2.26. The number of aryl methyl sites for hydroxylation is 1. The van der Waals surface area contributed by atoms with Crippen molar-refractivity contribution in [1.82, 2.24) is 0 Å². The largest absolute Gasteiger partial charge is 0.461 e. The van der Waals surface area contributed by atoms with Gasteiger partial charge in [0.1, 0.15) is 12.2 Å². The molecule has 27 heavy (non-hydrogen) atoms. The molecule has 2 heterocycles. The summed E-state index contributed by atoms with van der Waals surface area (Å²) in [7, 11) is 0. The van der Waals surface area contributed by atoms with Crippen LogP contribution in [0.2, 0.25) is 9.36 Å². The number of rotatable bonds is 6. The molecule has 0 aliphatic heterocycles. The first kappa shape index (κ1) is 19.6. The van der Waals surface area contributed by atoms with Crippen molar-refractivity contribution in [2.75, 3.05) is 0 Å². The quantitative estimate of drug-likeness (QED) is 0.309. The van der Waals surface area contributed by atoms with E-state index in [9.17, 15) is 14.4 Å². The Morgan fingerprint density at radius 3 is 2.63 bits per heavy atom. The Bertz CT molecular complexity index is 1080. The van der Waals surface area contributed by atoms with Gasteiger partial charge >= 0.3 is 11.6 Å². The summed E-state index contributed by atoms with van der Waals surface area (Å²) in [6.45, 7) is 1.69. The number of Topliss-reactive ketones (excluding diaryl/α,β-unsaturated/α-hetero) is 1. The molecule has 0 N–H and O–H groups in total. The Balaban J connectivity index is 1.66. The summed E-state index contributed by atoms with van der Waals surface area (Å²) < 4.78 is 10.9. The molecule has 8 heteroatoms. The van der Waals surface area contributed by atoms with Crippen molar-refractivity contribution < 1.29 is 18.7 Å². The van der Waals surface area contributed by atoms with Crippen molar-refractivity contribution in [3.63, 3.8) is 0 Å². The minimum Gasteiger partial charge on any atom is -0.461 e. The molecule has 0 aliphatic carbocycles. The normalized spacial score (nSPS) is 10.9. The second-order valence-corrected chi connectivity index (χ2v) is 8.00. The molecular formula is C19H14Cl2O5S. The average molecular weight is 425 g/mol. The van der Waals surface area contributed by atoms with Crippen LogP contribution < -0.4 is 5.63 Å². The third-order valence-corrected chi connectivity index (χ3v) is 5.58. The van der Waals surface area contributed by atoms with Gasteiger partial charge < -0.3 is 9.15 Å². The number of hydrogen-bond acceptors (Lipinski definition) is 6. The summed E-state index contributed by atoms with van der Waals surface area (Å²) in [6.07, 6.45) is -0.0357. The fourth-order valence-corrected chi connectivity index (χ4v) is 3.68. The van der Waals surface area contributed by atoms with Crippen LogP contribution in [0.3, 0.4) is 0 Å². The summed E-state index contributed by atoms with van der Waals surface area (Å²) in [5.41, 5.74) is 1.10. The monoisotopic (exact) mass is 424 g/mol. The van der Waals surface area contributed by atoms with Crippen LogP contribution in [-0.2, 0) is 16.1 Å². The molecule has 1 aromatic carbocycles. The molecule has 140 valence electrons. The molecule has 3 aromatic rings. The second-order valence-electron chi connectivity index (χ2n) is 5.88. The van der Waals surface area contributed by atoms with Gasteiger partial charge in [0.25, 0.3) is 0 Å². The van der Waals surface area contributed by atoms with E-state index in [1.54, 1.807) is 31.2 Å². The SMILES string of the molecule is Cc1cc2oc(=O)cc(COC(=O)CCC(=O)c3ccc(Cl)s3)c2cc1Cl.